The highest BCUT2D eigenvalue weighted by molar-refractivity contribution is 5.92. The van der Waals surface area contributed by atoms with E-state index in [2.05, 4.69) is 39.7 Å². The van der Waals surface area contributed by atoms with Gasteiger partial charge in [0.15, 0.2) is 0 Å². The van der Waals surface area contributed by atoms with E-state index in [1.165, 1.54) is 16.7 Å². The Labute approximate surface area is 146 Å². The molecule has 126 valence electrons. The van der Waals surface area contributed by atoms with E-state index in [4.69, 9.17) is 0 Å². The third-order valence-electron chi connectivity index (χ3n) is 4.82. The largest absolute Gasteiger partial charge is 0.344 e. The zero-order chi connectivity index (χ0) is 17.4. The summed E-state index contributed by atoms with van der Waals surface area (Å²) in [5.41, 5.74) is 6.40. The number of hydrogen-bond donors (Lipinski definition) is 1. The Morgan fingerprint density at radius 3 is 2.76 bits per heavy atom. The van der Waals surface area contributed by atoms with Crippen LogP contribution in [0.2, 0.25) is 0 Å². The predicted octanol–water partition coefficient (Wildman–Crippen LogP) is 3.21. The maximum atomic E-state index is 12.4. The molecule has 2 heterocycles. The van der Waals surface area contributed by atoms with Crippen LogP contribution in [0.3, 0.4) is 0 Å². The molecule has 0 saturated carbocycles. The van der Waals surface area contributed by atoms with Crippen LogP contribution in [-0.4, -0.2) is 20.7 Å². The fraction of sp³-hybridized carbons (Fsp3) is 0.250. The number of benzene rings is 1. The van der Waals surface area contributed by atoms with E-state index in [9.17, 15) is 4.79 Å². The van der Waals surface area contributed by atoms with Crippen molar-refractivity contribution >= 4 is 5.91 Å². The molecule has 1 unspecified atom stereocenters. The van der Waals surface area contributed by atoms with Gasteiger partial charge in [0.1, 0.15) is 5.69 Å². The number of rotatable bonds is 3. The van der Waals surface area contributed by atoms with Gasteiger partial charge in [-0.2, -0.15) is 5.10 Å². The number of aryl methyl sites for hydroxylation is 3. The van der Waals surface area contributed by atoms with Crippen molar-refractivity contribution in [3.63, 3.8) is 0 Å². The van der Waals surface area contributed by atoms with Gasteiger partial charge in [0.05, 0.1) is 6.04 Å². The monoisotopic (exact) mass is 332 g/mol. The fourth-order valence-electron chi connectivity index (χ4n) is 3.41. The molecule has 1 aliphatic carbocycles. The van der Waals surface area contributed by atoms with Gasteiger partial charge in [-0.05, 0) is 48.6 Å². The molecular weight excluding hydrogens is 312 g/mol. The van der Waals surface area contributed by atoms with Crippen molar-refractivity contribution in [2.75, 3.05) is 0 Å². The normalized spacial score (nSPS) is 15.8. The molecule has 0 saturated heterocycles. The molecule has 0 bridgehead atoms. The van der Waals surface area contributed by atoms with Crippen LogP contribution in [0.5, 0.6) is 0 Å². The molecule has 0 aliphatic heterocycles. The Morgan fingerprint density at radius 2 is 2.04 bits per heavy atom. The SMILES string of the molecule is Cc1ccc(-c2ccc3c(c2)CCC3NC(=O)c2ccnn2C)cn1. The molecule has 1 aromatic carbocycles. The number of carbonyl (C=O) groups is 1. The number of carbonyl (C=O) groups excluding carboxylic acids is 1. The number of fused-ring (bicyclic) bond motifs is 1. The van der Waals surface area contributed by atoms with Crippen molar-refractivity contribution in [3.05, 3.63) is 71.3 Å². The van der Waals surface area contributed by atoms with E-state index in [0.29, 0.717) is 5.69 Å². The maximum absolute atomic E-state index is 12.4. The first kappa shape index (κ1) is 15.6. The quantitative estimate of drug-likeness (QED) is 0.801. The van der Waals surface area contributed by atoms with Gasteiger partial charge >= 0.3 is 0 Å². The summed E-state index contributed by atoms with van der Waals surface area (Å²) in [5.74, 6) is -0.0790. The molecule has 0 spiro atoms. The van der Waals surface area contributed by atoms with Gasteiger partial charge < -0.3 is 5.32 Å². The van der Waals surface area contributed by atoms with Gasteiger partial charge in [-0.1, -0.05) is 24.3 Å². The molecule has 1 N–H and O–H groups in total. The Balaban J connectivity index is 1.56. The fourth-order valence-corrected chi connectivity index (χ4v) is 3.41. The lowest BCUT2D eigenvalue weighted by Crippen LogP contribution is -2.28. The van der Waals surface area contributed by atoms with E-state index >= 15 is 0 Å². The van der Waals surface area contributed by atoms with Crippen LogP contribution in [0, 0.1) is 6.92 Å². The van der Waals surface area contributed by atoms with Crippen LogP contribution in [-0.2, 0) is 13.5 Å². The number of nitrogens with one attached hydrogen (secondary N) is 1. The van der Waals surface area contributed by atoms with Crippen molar-refractivity contribution in [1.29, 1.82) is 0 Å². The Kier molecular flexibility index (Phi) is 3.84. The molecule has 3 aromatic rings. The van der Waals surface area contributed by atoms with Crippen molar-refractivity contribution in [2.24, 2.45) is 7.05 Å². The number of hydrogen-bond acceptors (Lipinski definition) is 3. The number of amides is 1. The summed E-state index contributed by atoms with van der Waals surface area (Å²) >= 11 is 0. The van der Waals surface area contributed by atoms with Gasteiger partial charge in [-0.3, -0.25) is 14.5 Å². The molecule has 4 rings (SSSR count). The van der Waals surface area contributed by atoms with Gasteiger partial charge in [0.25, 0.3) is 5.91 Å². The second-order valence-electron chi connectivity index (χ2n) is 6.51. The summed E-state index contributed by atoms with van der Waals surface area (Å²) < 4.78 is 1.60. The summed E-state index contributed by atoms with van der Waals surface area (Å²) in [5, 5.41) is 7.19. The second kappa shape index (κ2) is 6.16. The standard InChI is InChI=1S/C20H20N4O/c1-13-3-4-16(12-21-13)14-5-7-17-15(11-14)6-8-18(17)23-20(25)19-9-10-22-24(19)2/h3-5,7,9-12,18H,6,8H2,1-2H3,(H,23,25). The van der Waals surface area contributed by atoms with Gasteiger partial charge in [0.2, 0.25) is 0 Å². The van der Waals surface area contributed by atoms with E-state index in [0.717, 1.165) is 24.1 Å². The zero-order valence-corrected chi connectivity index (χ0v) is 14.4. The Morgan fingerprint density at radius 1 is 1.20 bits per heavy atom. The highest BCUT2D eigenvalue weighted by Gasteiger charge is 2.25. The van der Waals surface area contributed by atoms with Gasteiger partial charge in [0, 0.05) is 30.7 Å². The summed E-state index contributed by atoms with van der Waals surface area (Å²) in [6.07, 6.45) is 5.44. The van der Waals surface area contributed by atoms with Crippen LogP contribution in [0.1, 0.15) is 39.8 Å². The second-order valence-corrected chi connectivity index (χ2v) is 6.51. The van der Waals surface area contributed by atoms with Crippen molar-refractivity contribution in [1.82, 2.24) is 20.1 Å². The van der Waals surface area contributed by atoms with Gasteiger partial charge in [-0.25, -0.2) is 0 Å². The lowest BCUT2D eigenvalue weighted by atomic mass is 10.0. The average molecular weight is 332 g/mol. The van der Waals surface area contributed by atoms with Crippen molar-refractivity contribution in [2.45, 2.75) is 25.8 Å². The lowest BCUT2D eigenvalue weighted by molar-refractivity contribution is 0.0927. The first-order chi connectivity index (χ1) is 12.1. The minimum Gasteiger partial charge on any atom is -0.344 e. The lowest BCUT2D eigenvalue weighted by Gasteiger charge is -2.14. The van der Waals surface area contributed by atoms with E-state index < -0.39 is 0 Å². The highest BCUT2D eigenvalue weighted by atomic mass is 16.2. The first-order valence-electron chi connectivity index (χ1n) is 8.46. The molecule has 5 heteroatoms. The predicted molar refractivity (Wildman–Crippen MR) is 96.1 cm³/mol. The first-order valence-corrected chi connectivity index (χ1v) is 8.46. The summed E-state index contributed by atoms with van der Waals surface area (Å²) in [4.78, 5) is 16.8. The summed E-state index contributed by atoms with van der Waals surface area (Å²) in [7, 11) is 1.78. The van der Waals surface area contributed by atoms with Crippen molar-refractivity contribution in [3.8, 4) is 11.1 Å². The zero-order valence-electron chi connectivity index (χ0n) is 14.4. The highest BCUT2D eigenvalue weighted by Crippen LogP contribution is 2.34. The Hall–Kier alpha value is -2.95. The van der Waals surface area contributed by atoms with Gasteiger partial charge in [-0.15, -0.1) is 0 Å². The molecule has 25 heavy (non-hydrogen) atoms. The summed E-state index contributed by atoms with van der Waals surface area (Å²) in [6, 6.07) is 12.4. The van der Waals surface area contributed by atoms with E-state index in [1.807, 2.05) is 19.2 Å². The van der Waals surface area contributed by atoms with Crippen LogP contribution < -0.4 is 5.32 Å². The average Bonchev–Trinajstić information content (AvgIpc) is 3.21. The van der Waals surface area contributed by atoms with Crippen molar-refractivity contribution < 1.29 is 4.79 Å². The van der Waals surface area contributed by atoms with Crippen LogP contribution in [0.25, 0.3) is 11.1 Å². The number of pyridine rings is 1. The van der Waals surface area contributed by atoms with Crippen LogP contribution in [0.15, 0.2) is 48.8 Å². The number of aromatic nitrogens is 3. The minimum absolute atomic E-state index is 0.0580. The van der Waals surface area contributed by atoms with Crippen LogP contribution in [0.4, 0.5) is 0 Å². The molecule has 0 fully saturated rings. The van der Waals surface area contributed by atoms with E-state index in [-0.39, 0.29) is 11.9 Å². The third kappa shape index (κ3) is 2.93. The number of nitrogens with zero attached hydrogens (tertiary/aromatic N) is 3. The molecule has 2 aromatic heterocycles. The smallest absolute Gasteiger partial charge is 0.270 e. The molecule has 1 aliphatic rings. The molecule has 1 amide bonds. The van der Waals surface area contributed by atoms with E-state index in [1.54, 1.807) is 24.0 Å². The minimum atomic E-state index is -0.0790. The third-order valence-corrected chi connectivity index (χ3v) is 4.82. The van der Waals surface area contributed by atoms with Crippen LogP contribution >= 0.6 is 0 Å². The molecule has 1 atom stereocenters. The topological polar surface area (TPSA) is 59.8 Å². The molecule has 5 nitrogen and oxygen atoms in total. The molecule has 0 radical (unpaired) electrons. The summed E-state index contributed by atoms with van der Waals surface area (Å²) in [6.45, 7) is 1.99. The maximum Gasteiger partial charge on any atom is 0.270 e. The molecular formula is C20H20N4O. The Bertz CT molecular complexity index is 927.